The average Bonchev–Trinajstić information content (AvgIpc) is 1.89. The van der Waals surface area contributed by atoms with Gasteiger partial charge in [0.05, 0.1) is 6.07 Å². The highest BCUT2D eigenvalue weighted by Crippen LogP contribution is 1.63. The molecule has 0 saturated heterocycles. The molecule has 0 unspecified atom stereocenters. The lowest BCUT2D eigenvalue weighted by molar-refractivity contribution is -0.117. The maximum atomic E-state index is 9.59. The molecular weight excluding hydrogens is 116 g/mol. The number of nitriles is 1. The van der Waals surface area contributed by atoms with Gasteiger partial charge in [-0.05, 0) is 0 Å². The minimum atomic E-state index is -0.245. The summed E-state index contributed by atoms with van der Waals surface area (Å²) in [4.78, 5) is 9.59. The topological polar surface area (TPSA) is 66.9 Å². The van der Waals surface area contributed by atoms with Gasteiger partial charge in [0.15, 0.2) is 0 Å². The van der Waals surface area contributed by atoms with Gasteiger partial charge in [0.2, 0.25) is 5.91 Å². The number of carbonyl (C=O) groups excluding carboxylic acids is 1. The molecular formula is C6H12N2O. The van der Waals surface area contributed by atoms with Crippen molar-refractivity contribution in [2.24, 2.45) is 5.73 Å². The molecule has 0 radical (unpaired) electrons. The highest BCUT2D eigenvalue weighted by molar-refractivity contribution is 5.73. The van der Waals surface area contributed by atoms with Gasteiger partial charge >= 0.3 is 0 Å². The zero-order valence-electron chi connectivity index (χ0n) is 5.85. The Labute approximate surface area is 55.5 Å². The van der Waals surface area contributed by atoms with Crippen LogP contribution in [0.4, 0.5) is 0 Å². The van der Waals surface area contributed by atoms with Crippen LogP contribution in [-0.4, -0.2) is 5.91 Å². The van der Waals surface area contributed by atoms with E-state index in [2.05, 4.69) is 5.73 Å². The molecule has 0 aromatic heterocycles. The normalized spacial score (nSPS) is 6.33. The first kappa shape index (κ1) is 10.9. The monoisotopic (exact) mass is 128 g/mol. The van der Waals surface area contributed by atoms with E-state index in [4.69, 9.17) is 5.26 Å². The predicted octanol–water partition coefficient (Wildman–Crippen LogP) is 0.802. The fourth-order valence-electron chi connectivity index (χ4n) is 0. The van der Waals surface area contributed by atoms with Gasteiger partial charge in [-0.2, -0.15) is 5.26 Å². The summed E-state index contributed by atoms with van der Waals surface area (Å²) < 4.78 is 0. The van der Waals surface area contributed by atoms with Crippen LogP contribution in [0.15, 0.2) is 0 Å². The van der Waals surface area contributed by atoms with Crippen molar-refractivity contribution in [3.63, 3.8) is 0 Å². The van der Waals surface area contributed by atoms with Crippen LogP contribution in [0.3, 0.4) is 0 Å². The molecule has 0 fully saturated rings. The van der Waals surface area contributed by atoms with Crippen LogP contribution in [0.2, 0.25) is 0 Å². The van der Waals surface area contributed by atoms with E-state index in [1.54, 1.807) is 6.92 Å². The summed E-state index contributed by atoms with van der Waals surface area (Å²) >= 11 is 0. The van der Waals surface area contributed by atoms with Gasteiger partial charge in [0, 0.05) is 12.8 Å². The van der Waals surface area contributed by atoms with Crippen molar-refractivity contribution in [3.05, 3.63) is 0 Å². The third kappa shape index (κ3) is 44.6. The average molecular weight is 128 g/mol. The predicted molar refractivity (Wildman–Crippen MR) is 35.4 cm³/mol. The molecule has 0 aliphatic rings. The first-order valence-corrected chi connectivity index (χ1v) is 2.84. The van der Waals surface area contributed by atoms with Crippen LogP contribution in [-0.2, 0) is 4.79 Å². The van der Waals surface area contributed by atoms with Crippen LogP contribution in [0, 0.1) is 11.3 Å². The summed E-state index contributed by atoms with van der Waals surface area (Å²) in [6.07, 6.45) is 1.07. The minimum Gasteiger partial charge on any atom is -0.370 e. The van der Waals surface area contributed by atoms with Gasteiger partial charge in [0.1, 0.15) is 0 Å². The summed E-state index contributed by atoms with van der Waals surface area (Å²) in [5, 5.41) is 7.62. The lowest BCUT2D eigenvalue weighted by Crippen LogP contribution is -2.06. The van der Waals surface area contributed by atoms with E-state index in [1.807, 2.05) is 13.0 Å². The van der Waals surface area contributed by atoms with Crippen molar-refractivity contribution in [2.75, 3.05) is 0 Å². The number of amides is 1. The van der Waals surface area contributed by atoms with Crippen molar-refractivity contribution in [2.45, 2.75) is 26.7 Å². The Balaban J connectivity index is 0. The molecule has 0 aliphatic carbocycles. The molecule has 2 N–H and O–H groups in total. The Bertz CT molecular complexity index is 104. The lowest BCUT2D eigenvalue weighted by Gasteiger charge is -1.73. The highest BCUT2D eigenvalue weighted by atomic mass is 16.1. The van der Waals surface area contributed by atoms with Gasteiger partial charge in [0.25, 0.3) is 0 Å². The van der Waals surface area contributed by atoms with Crippen LogP contribution in [0.5, 0.6) is 0 Å². The van der Waals surface area contributed by atoms with Crippen LogP contribution < -0.4 is 5.73 Å². The van der Waals surface area contributed by atoms with Crippen molar-refractivity contribution in [1.82, 2.24) is 0 Å². The van der Waals surface area contributed by atoms with Gasteiger partial charge in [-0.15, -0.1) is 0 Å². The van der Waals surface area contributed by atoms with E-state index >= 15 is 0 Å². The van der Waals surface area contributed by atoms with Crippen LogP contribution in [0.25, 0.3) is 0 Å². The van der Waals surface area contributed by atoms with Crippen LogP contribution in [0.1, 0.15) is 26.7 Å². The fourth-order valence-corrected chi connectivity index (χ4v) is 0. The zero-order valence-corrected chi connectivity index (χ0v) is 5.85. The van der Waals surface area contributed by atoms with Gasteiger partial charge in [-0.3, -0.25) is 4.79 Å². The molecule has 0 spiro atoms. The largest absolute Gasteiger partial charge is 0.370 e. The minimum absolute atomic E-state index is 0.245. The van der Waals surface area contributed by atoms with E-state index in [1.165, 1.54) is 0 Å². The molecule has 0 atom stereocenters. The summed E-state index contributed by atoms with van der Waals surface area (Å²) in [6.45, 7) is 3.54. The fraction of sp³-hybridized carbons (Fsp3) is 0.667. The number of rotatable bonds is 1. The Morgan fingerprint density at radius 2 is 1.89 bits per heavy atom. The lowest BCUT2D eigenvalue weighted by atomic mass is 10.5. The molecule has 0 aliphatic heterocycles. The molecule has 3 nitrogen and oxygen atoms in total. The smallest absolute Gasteiger partial charge is 0.217 e. The highest BCUT2D eigenvalue weighted by Gasteiger charge is 1.77. The third-order valence-electron chi connectivity index (χ3n) is 0.507. The number of hydrogen-bond donors (Lipinski definition) is 1. The molecule has 9 heavy (non-hydrogen) atoms. The molecule has 0 rings (SSSR count). The first-order chi connectivity index (χ1) is 4.18. The summed E-state index contributed by atoms with van der Waals surface area (Å²) in [5.41, 5.74) is 4.65. The molecule has 52 valence electrons. The molecule has 0 aromatic rings. The number of primary amides is 1. The van der Waals surface area contributed by atoms with Crippen molar-refractivity contribution in [3.8, 4) is 6.07 Å². The molecule has 0 saturated carbocycles. The zero-order chi connectivity index (χ0) is 7.70. The van der Waals surface area contributed by atoms with Gasteiger partial charge < -0.3 is 5.73 Å². The Morgan fingerprint density at radius 1 is 1.67 bits per heavy atom. The van der Waals surface area contributed by atoms with Gasteiger partial charge in [-0.25, -0.2) is 0 Å². The van der Waals surface area contributed by atoms with Crippen molar-refractivity contribution in [1.29, 1.82) is 5.26 Å². The van der Waals surface area contributed by atoms with E-state index in [-0.39, 0.29) is 5.91 Å². The number of nitrogens with zero attached hydrogens (tertiary/aromatic N) is 1. The second kappa shape index (κ2) is 10.0. The second-order valence-corrected chi connectivity index (χ2v) is 1.33. The molecule has 0 heterocycles. The number of hydrogen-bond acceptors (Lipinski definition) is 2. The molecule has 3 heteroatoms. The van der Waals surface area contributed by atoms with E-state index in [0.29, 0.717) is 12.8 Å². The summed E-state index contributed by atoms with van der Waals surface area (Å²) in [7, 11) is 0. The van der Waals surface area contributed by atoms with Crippen molar-refractivity contribution < 1.29 is 4.79 Å². The van der Waals surface area contributed by atoms with E-state index < -0.39 is 0 Å². The molecule has 0 bridgehead atoms. The quantitative estimate of drug-likeness (QED) is 0.567. The maximum absolute atomic E-state index is 9.59. The first-order valence-electron chi connectivity index (χ1n) is 2.84. The Hall–Kier alpha value is -1.04. The van der Waals surface area contributed by atoms with Crippen molar-refractivity contribution >= 4 is 5.91 Å². The van der Waals surface area contributed by atoms with Crippen LogP contribution >= 0.6 is 0 Å². The second-order valence-electron chi connectivity index (χ2n) is 1.33. The summed E-state index contributed by atoms with van der Waals surface area (Å²) in [6, 6.07) is 1.93. The van der Waals surface area contributed by atoms with E-state index in [9.17, 15) is 4.79 Å². The molecule has 0 aromatic carbocycles. The SMILES string of the molecule is CCC#N.CCC(N)=O. The standard InChI is InChI=1S/C3H7NO.C3H5N/c1-2-3(4)5;1-2-3-4/h2H2,1H3,(H2,4,5);2H2,1H3. The molecule has 1 amide bonds. The maximum Gasteiger partial charge on any atom is 0.217 e. The Kier molecular flexibility index (Phi) is 12.1. The summed E-state index contributed by atoms with van der Waals surface area (Å²) in [5.74, 6) is -0.245. The van der Waals surface area contributed by atoms with E-state index in [0.717, 1.165) is 0 Å². The number of carbonyl (C=O) groups is 1. The number of nitrogens with two attached hydrogens (primary N) is 1. The van der Waals surface area contributed by atoms with Gasteiger partial charge in [-0.1, -0.05) is 13.8 Å². The Morgan fingerprint density at radius 3 is 1.89 bits per heavy atom. The third-order valence-corrected chi connectivity index (χ3v) is 0.507.